The summed E-state index contributed by atoms with van der Waals surface area (Å²) in [6.45, 7) is 8.07. The van der Waals surface area contributed by atoms with Crippen molar-refractivity contribution in [3.8, 4) is 0 Å². The lowest BCUT2D eigenvalue weighted by atomic mass is 9.84. The first-order valence-electron chi connectivity index (χ1n) is 8.54. The van der Waals surface area contributed by atoms with Gasteiger partial charge in [0.05, 0.1) is 5.75 Å². The smallest absolute Gasteiger partial charge is 0.230 e. The molecule has 0 aliphatic heterocycles. The topological polar surface area (TPSA) is 54.9 Å². The van der Waals surface area contributed by atoms with E-state index in [9.17, 15) is 4.79 Å². The van der Waals surface area contributed by atoms with E-state index < -0.39 is 0 Å². The van der Waals surface area contributed by atoms with Gasteiger partial charge in [0, 0.05) is 11.8 Å². The Morgan fingerprint density at radius 1 is 1.29 bits per heavy atom. The van der Waals surface area contributed by atoms with Crippen molar-refractivity contribution in [3.05, 3.63) is 12.2 Å². The Bertz CT molecular complexity index is 604. The van der Waals surface area contributed by atoms with E-state index in [4.69, 9.17) is 0 Å². The van der Waals surface area contributed by atoms with E-state index >= 15 is 0 Å². The number of aromatic nitrogens is 2. The lowest BCUT2D eigenvalue weighted by Gasteiger charge is -2.28. The fourth-order valence-electron chi connectivity index (χ4n) is 3.93. The first-order chi connectivity index (χ1) is 11.5. The number of carbonyl (C=O) groups is 1. The molecule has 2 saturated carbocycles. The molecule has 1 aromatic rings. The van der Waals surface area contributed by atoms with Gasteiger partial charge in [-0.1, -0.05) is 53.4 Å². The van der Waals surface area contributed by atoms with Crippen molar-refractivity contribution >= 4 is 40.8 Å². The van der Waals surface area contributed by atoms with Gasteiger partial charge in [-0.3, -0.25) is 4.79 Å². The molecule has 4 nitrogen and oxygen atoms in total. The molecule has 4 atom stereocenters. The minimum Gasteiger partial charge on any atom is -0.353 e. The van der Waals surface area contributed by atoms with Crippen LogP contribution in [0, 0.1) is 17.8 Å². The summed E-state index contributed by atoms with van der Waals surface area (Å²) in [4.78, 5) is 12.2. The average molecular weight is 384 g/mol. The molecule has 2 aliphatic carbocycles. The number of rotatable bonds is 8. The van der Waals surface area contributed by atoms with Gasteiger partial charge in [-0.05, 0) is 50.9 Å². The predicted molar refractivity (Wildman–Crippen MR) is 103 cm³/mol. The molecule has 0 spiro atoms. The standard InChI is InChI=1S/C17H25N3OS3/c1-10(2)8-22-16-19-20-17(24-16)23-9-15(21)18-11(3)14-7-12-4-5-13(14)6-12/h11-14H,1,4-9H2,2-3H3,(H,18,21)/t11-,12-,13-,14+/m0/s1. The molecule has 1 aromatic heterocycles. The second kappa shape index (κ2) is 8.23. The fraction of sp³-hybridized carbons (Fsp3) is 0.706. The molecule has 0 aromatic carbocycles. The Morgan fingerprint density at radius 3 is 2.58 bits per heavy atom. The van der Waals surface area contributed by atoms with Crippen LogP contribution in [0.1, 0.15) is 39.5 Å². The van der Waals surface area contributed by atoms with Crippen LogP contribution in [0.3, 0.4) is 0 Å². The Labute approximate surface area is 156 Å². The zero-order valence-electron chi connectivity index (χ0n) is 14.3. The molecule has 0 unspecified atom stereocenters. The van der Waals surface area contributed by atoms with E-state index in [1.165, 1.54) is 37.4 Å². The van der Waals surface area contributed by atoms with Crippen LogP contribution in [0.4, 0.5) is 0 Å². The van der Waals surface area contributed by atoms with E-state index in [0.29, 0.717) is 17.7 Å². The van der Waals surface area contributed by atoms with E-state index in [1.54, 1.807) is 23.1 Å². The summed E-state index contributed by atoms with van der Waals surface area (Å²) in [5.41, 5.74) is 1.12. The van der Waals surface area contributed by atoms with E-state index in [2.05, 4.69) is 29.0 Å². The minimum atomic E-state index is 0.113. The molecule has 1 N–H and O–H groups in total. The minimum absolute atomic E-state index is 0.113. The SMILES string of the molecule is C=C(C)CSc1nnc(SCC(=O)N[C@@H](C)[C@H]2C[C@H]3CC[C@H]2C3)s1. The fourth-order valence-corrected chi connectivity index (χ4v) is 6.61. The molecule has 1 heterocycles. The largest absolute Gasteiger partial charge is 0.353 e. The highest BCUT2D eigenvalue weighted by atomic mass is 32.2. The van der Waals surface area contributed by atoms with Crippen LogP contribution in [0.15, 0.2) is 20.8 Å². The summed E-state index contributed by atoms with van der Waals surface area (Å²) >= 11 is 4.68. The molecule has 2 fully saturated rings. The van der Waals surface area contributed by atoms with Gasteiger partial charge >= 0.3 is 0 Å². The van der Waals surface area contributed by atoms with Crippen molar-refractivity contribution < 1.29 is 4.79 Å². The zero-order chi connectivity index (χ0) is 17.1. The van der Waals surface area contributed by atoms with Crippen LogP contribution < -0.4 is 5.32 Å². The summed E-state index contributed by atoms with van der Waals surface area (Å²) in [6, 6.07) is 0.296. The first kappa shape index (κ1) is 18.3. The Morgan fingerprint density at radius 2 is 2.00 bits per heavy atom. The maximum atomic E-state index is 12.2. The van der Waals surface area contributed by atoms with Gasteiger partial charge in [0.2, 0.25) is 5.91 Å². The maximum Gasteiger partial charge on any atom is 0.230 e. The summed E-state index contributed by atoms with van der Waals surface area (Å²) in [7, 11) is 0. The van der Waals surface area contributed by atoms with Crippen LogP contribution in [0.25, 0.3) is 0 Å². The zero-order valence-corrected chi connectivity index (χ0v) is 16.7. The number of carbonyl (C=O) groups excluding carboxylic acids is 1. The number of nitrogens with zero attached hydrogens (tertiary/aromatic N) is 2. The Kier molecular flexibility index (Phi) is 6.27. The van der Waals surface area contributed by atoms with Crippen molar-refractivity contribution in [2.45, 2.75) is 54.3 Å². The molecule has 132 valence electrons. The van der Waals surface area contributed by atoms with Gasteiger partial charge in [0.15, 0.2) is 8.68 Å². The van der Waals surface area contributed by atoms with E-state index in [-0.39, 0.29) is 5.91 Å². The highest BCUT2D eigenvalue weighted by molar-refractivity contribution is 8.03. The summed E-state index contributed by atoms with van der Waals surface area (Å²) < 4.78 is 1.80. The number of thioether (sulfide) groups is 2. The van der Waals surface area contributed by atoms with Crippen molar-refractivity contribution in [2.75, 3.05) is 11.5 Å². The Hall–Kier alpha value is -0.530. The summed E-state index contributed by atoms with van der Waals surface area (Å²) in [5.74, 6) is 3.84. The molecule has 2 bridgehead atoms. The van der Waals surface area contributed by atoms with Gasteiger partial charge in [-0.2, -0.15) is 0 Å². The van der Waals surface area contributed by atoms with E-state index in [1.807, 2.05) is 6.92 Å². The first-order valence-corrected chi connectivity index (χ1v) is 11.3. The molecular formula is C17H25N3OS3. The third-order valence-corrected chi connectivity index (χ3v) is 8.40. The molecule has 3 rings (SSSR count). The van der Waals surface area contributed by atoms with Gasteiger partial charge < -0.3 is 5.32 Å². The lowest BCUT2D eigenvalue weighted by Crippen LogP contribution is -2.40. The average Bonchev–Trinajstić information content (AvgIpc) is 3.27. The van der Waals surface area contributed by atoms with Crippen molar-refractivity contribution in [1.29, 1.82) is 0 Å². The molecule has 24 heavy (non-hydrogen) atoms. The molecule has 1 amide bonds. The quantitative estimate of drug-likeness (QED) is 0.537. The van der Waals surface area contributed by atoms with Crippen molar-refractivity contribution in [2.24, 2.45) is 17.8 Å². The van der Waals surface area contributed by atoms with Crippen LogP contribution in [-0.2, 0) is 4.79 Å². The van der Waals surface area contributed by atoms with Gasteiger partial charge in [-0.25, -0.2) is 0 Å². The second-order valence-corrected chi connectivity index (χ2v) is 10.5. The molecule has 0 radical (unpaired) electrons. The number of hydrogen-bond donors (Lipinski definition) is 1. The van der Waals surface area contributed by atoms with Crippen LogP contribution >= 0.6 is 34.9 Å². The van der Waals surface area contributed by atoms with Gasteiger partial charge in [-0.15, -0.1) is 10.2 Å². The molecule has 2 aliphatic rings. The number of nitrogens with one attached hydrogen (secondary N) is 1. The van der Waals surface area contributed by atoms with Crippen LogP contribution in [-0.4, -0.2) is 33.7 Å². The summed E-state index contributed by atoms with van der Waals surface area (Å²) in [5, 5.41) is 11.5. The van der Waals surface area contributed by atoms with E-state index in [0.717, 1.165) is 31.8 Å². The van der Waals surface area contributed by atoms with Gasteiger partial charge in [0.25, 0.3) is 0 Å². The van der Waals surface area contributed by atoms with Crippen LogP contribution in [0.5, 0.6) is 0 Å². The van der Waals surface area contributed by atoms with Crippen LogP contribution in [0.2, 0.25) is 0 Å². The lowest BCUT2D eigenvalue weighted by molar-refractivity contribution is -0.119. The second-order valence-electron chi connectivity index (χ2n) is 7.06. The molecule has 7 heteroatoms. The maximum absolute atomic E-state index is 12.2. The third kappa shape index (κ3) is 4.76. The number of hydrogen-bond acceptors (Lipinski definition) is 6. The third-order valence-electron chi connectivity index (χ3n) is 4.98. The monoisotopic (exact) mass is 383 g/mol. The molecule has 0 saturated heterocycles. The predicted octanol–water partition coefficient (Wildman–Crippen LogP) is 4.24. The molecular weight excluding hydrogens is 358 g/mol. The normalized spacial score (nSPS) is 26.5. The number of fused-ring (bicyclic) bond motifs is 2. The van der Waals surface area contributed by atoms with Gasteiger partial charge in [0.1, 0.15) is 0 Å². The van der Waals surface area contributed by atoms with Crippen molar-refractivity contribution in [3.63, 3.8) is 0 Å². The summed E-state index contributed by atoms with van der Waals surface area (Å²) in [6.07, 6.45) is 5.45. The highest BCUT2D eigenvalue weighted by Gasteiger charge is 2.42. The number of amides is 1. The highest BCUT2D eigenvalue weighted by Crippen LogP contribution is 2.49. The van der Waals surface area contributed by atoms with Crippen molar-refractivity contribution in [1.82, 2.24) is 15.5 Å². The Balaban J connectivity index is 1.40.